The van der Waals surface area contributed by atoms with Gasteiger partial charge in [-0.3, -0.25) is 4.98 Å². The van der Waals surface area contributed by atoms with Crippen molar-refractivity contribution < 1.29 is 4.74 Å². The number of aryl methyl sites for hydroxylation is 1. The second kappa shape index (κ2) is 4.24. The van der Waals surface area contributed by atoms with Crippen molar-refractivity contribution in [3.63, 3.8) is 0 Å². The van der Waals surface area contributed by atoms with E-state index in [-0.39, 0.29) is 0 Å². The van der Waals surface area contributed by atoms with Gasteiger partial charge in [-0.1, -0.05) is 0 Å². The van der Waals surface area contributed by atoms with Crippen LogP contribution in [0.5, 0.6) is 5.75 Å². The van der Waals surface area contributed by atoms with E-state index >= 15 is 0 Å². The quantitative estimate of drug-likeness (QED) is 0.790. The molecule has 0 aliphatic carbocycles. The van der Waals surface area contributed by atoms with Crippen LogP contribution in [0.15, 0.2) is 30.6 Å². The second-order valence-corrected chi connectivity index (χ2v) is 4.40. The summed E-state index contributed by atoms with van der Waals surface area (Å²) in [7, 11) is 1.74. The van der Waals surface area contributed by atoms with Crippen LogP contribution in [0, 0.1) is 0 Å². The summed E-state index contributed by atoms with van der Waals surface area (Å²) in [4.78, 5) is 4.20. The van der Waals surface area contributed by atoms with E-state index in [9.17, 15) is 0 Å². The summed E-state index contributed by atoms with van der Waals surface area (Å²) in [5.41, 5.74) is 3.69. The van der Waals surface area contributed by atoms with Crippen molar-refractivity contribution >= 4 is 0 Å². The van der Waals surface area contributed by atoms with Crippen LogP contribution in [0.1, 0.15) is 18.5 Å². The first kappa shape index (κ1) is 10.4. The minimum atomic E-state index is 0.968. The fraction of sp³-hybridized carbons (Fsp3) is 0.357. The van der Waals surface area contributed by atoms with E-state index in [0.29, 0.717) is 0 Å². The molecule has 0 saturated carbocycles. The predicted molar refractivity (Wildman–Crippen MR) is 67.2 cm³/mol. The van der Waals surface area contributed by atoms with E-state index in [4.69, 9.17) is 4.74 Å². The van der Waals surface area contributed by atoms with Gasteiger partial charge in [-0.05, 0) is 31.4 Å². The van der Waals surface area contributed by atoms with E-state index < -0.39 is 0 Å². The molecule has 1 aliphatic rings. The Hall–Kier alpha value is -1.77. The molecule has 3 nitrogen and oxygen atoms in total. The van der Waals surface area contributed by atoms with Gasteiger partial charge in [-0.2, -0.15) is 0 Å². The molecular formula is C14H16N2O. The zero-order chi connectivity index (χ0) is 11.7. The topological polar surface area (TPSA) is 27.1 Å². The van der Waals surface area contributed by atoms with Crippen LogP contribution in [-0.2, 0) is 13.0 Å². The maximum absolute atomic E-state index is 5.50. The van der Waals surface area contributed by atoms with E-state index in [1.54, 1.807) is 13.3 Å². The standard InChI is InChI=1S/C14H16N2O/c1-17-13-9-12-6-2-3-8-16(12)14(13)11-5-4-7-15-10-11/h4-5,7,9-10H,2-3,6,8H2,1H3. The summed E-state index contributed by atoms with van der Waals surface area (Å²) in [6.07, 6.45) is 7.38. The summed E-state index contributed by atoms with van der Waals surface area (Å²) in [6.45, 7) is 1.09. The van der Waals surface area contributed by atoms with Gasteiger partial charge in [0.15, 0.2) is 0 Å². The van der Waals surface area contributed by atoms with Crippen molar-refractivity contribution in [3.05, 3.63) is 36.3 Å². The molecule has 3 rings (SSSR count). The maximum Gasteiger partial charge on any atom is 0.144 e. The molecule has 0 atom stereocenters. The number of rotatable bonds is 2. The number of ether oxygens (including phenoxy) is 1. The number of methoxy groups -OCH3 is 1. The van der Waals surface area contributed by atoms with Crippen LogP contribution in [-0.4, -0.2) is 16.7 Å². The Morgan fingerprint density at radius 2 is 2.29 bits per heavy atom. The lowest BCUT2D eigenvalue weighted by atomic mass is 10.1. The largest absolute Gasteiger partial charge is 0.494 e. The number of hydrogen-bond acceptors (Lipinski definition) is 2. The Morgan fingerprint density at radius 3 is 3.06 bits per heavy atom. The third-order valence-electron chi connectivity index (χ3n) is 3.37. The van der Waals surface area contributed by atoms with Gasteiger partial charge in [-0.25, -0.2) is 0 Å². The number of pyridine rings is 1. The third-order valence-corrected chi connectivity index (χ3v) is 3.37. The van der Waals surface area contributed by atoms with Crippen LogP contribution in [0.2, 0.25) is 0 Å². The van der Waals surface area contributed by atoms with E-state index in [1.165, 1.54) is 24.2 Å². The molecule has 0 spiro atoms. The summed E-state index contributed by atoms with van der Waals surface area (Å²) < 4.78 is 7.88. The van der Waals surface area contributed by atoms with Crippen molar-refractivity contribution in [1.82, 2.24) is 9.55 Å². The highest BCUT2D eigenvalue weighted by molar-refractivity contribution is 5.68. The van der Waals surface area contributed by atoms with Gasteiger partial charge < -0.3 is 9.30 Å². The fourth-order valence-corrected chi connectivity index (χ4v) is 2.57. The van der Waals surface area contributed by atoms with Crippen molar-refractivity contribution in [1.29, 1.82) is 0 Å². The molecule has 0 saturated heterocycles. The van der Waals surface area contributed by atoms with Crippen molar-refractivity contribution in [3.8, 4) is 17.0 Å². The van der Waals surface area contributed by atoms with E-state index in [2.05, 4.69) is 21.7 Å². The minimum absolute atomic E-state index is 0.968. The maximum atomic E-state index is 5.50. The highest BCUT2D eigenvalue weighted by Crippen LogP contribution is 2.35. The molecule has 0 aromatic carbocycles. The Bertz CT molecular complexity index is 517. The molecule has 0 bridgehead atoms. The molecule has 0 amide bonds. The van der Waals surface area contributed by atoms with Crippen LogP contribution in [0.4, 0.5) is 0 Å². The summed E-state index contributed by atoms with van der Waals surface area (Å²) in [5, 5.41) is 0. The van der Waals surface area contributed by atoms with Gasteiger partial charge in [-0.15, -0.1) is 0 Å². The van der Waals surface area contributed by atoms with Gasteiger partial charge in [0.25, 0.3) is 0 Å². The van der Waals surface area contributed by atoms with Gasteiger partial charge in [0, 0.05) is 36.3 Å². The zero-order valence-electron chi connectivity index (χ0n) is 10.0. The predicted octanol–water partition coefficient (Wildman–Crippen LogP) is 2.90. The first-order chi connectivity index (χ1) is 8.40. The highest BCUT2D eigenvalue weighted by Gasteiger charge is 2.19. The molecule has 88 valence electrons. The first-order valence-electron chi connectivity index (χ1n) is 6.07. The molecule has 0 N–H and O–H groups in total. The van der Waals surface area contributed by atoms with Gasteiger partial charge >= 0.3 is 0 Å². The lowest BCUT2D eigenvalue weighted by Crippen LogP contribution is -2.10. The van der Waals surface area contributed by atoms with Gasteiger partial charge in [0.2, 0.25) is 0 Å². The van der Waals surface area contributed by atoms with Crippen LogP contribution in [0.3, 0.4) is 0 Å². The third kappa shape index (κ3) is 1.71. The number of fused-ring (bicyclic) bond motifs is 1. The van der Waals surface area contributed by atoms with Gasteiger partial charge in [0.05, 0.1) is 12.8 Å². The Kier molecular flexibility index (Phi) is 2.59. The molecule has 3 heterocycles. The van der Waals surface area contributed by atoms with Crippen LogP contribution >= 0.6 is 0 Å². The molecule has 2 aromatic heterocycles. The fourth-order valence-electron chi connectivity index (χ4n) is 2.57. The molecular weight excluding hydrogens is 212 g/mol. The van der Waals surface area contributed by atoms with Crippen LogP contribution < -0.4 is 4.74 Å². The molecule has 0 fully saturated rings. The van der Waals surface area contributed by atoms with Gasteiger partial charge in [0.1, 0.15) is 5.75 Å². The normalized spacial score (nSPS) is 14.4. The zero-order valence-corrected chi connectivity index (χ0v) is 10.0. The lowest BCUT2D eigenvalue weighted by Gasteiger charge is -2.17. The number of hydrogen-bond donors (Lipinski definition) is 0. The smallest absolute Gasteiger partial charge is 0.144 e. The minimum Gasteiger partial charge on any atom is -0.494 e. The van der Waals surface area contributed by atoms with E-state index in [0.717, 1.165) is 24.3 Å². The Labute approximate surface area is 101 Å². The average molecular weight is 228 g/mol. The van der Waals surface area contributed by atoms with Crippen molar-refractivity contribution in [2.24, 2.45) is 0 Å². The second-order valence-electron chi connectivity index (χ2n) is 4.40. The number of nitrogens with zero attached hydrogens (tertiary/aromatic N) is 2. The Morgan fingerprint density at radius 1 is 1.35 bits per heavy atom. The molecule has 0 unspecified atom stereocenters. The average Bonchev–Trinajstić information content (AvgIpc) is 2.78. The van der Waals surface area contributed by atoms with E-state index in [1.807, 2.05) is 12.3 Å². The summed E-state index contributed by atoms with van der Waals surface area (Å²) >= 11 is 0. The number of aromatic nitrogens is 2. The molecule has 0 radical (unpaired) electrons. The highest BCUT2D eigenvalue weighted by atomic mass is 16.5. The lowest BCUT2D eigenvalue weighted by molar-refractivity contribution is 0.415. The van der Waals surface area contributed by atoms with Crippen molar-refractivity contribution in [2.45, 2.75) is 25.8 Å². The molecule has 1 aliphatic heterocycles. The SMILES string of the molecule is COc1cc2n(c1-c1cccnc1)CCCC2. The molecule has 2 aromatic rings. The summed E-state index contributed by atoms with van der Waals surface area (Å²) in [6, 6.07) is 6.23. The Balaban J connectivity index is 2.17. The molecule has 3 heteroatoms. The van der Waals surface area contributed by atoms with Crippen molar-refractivity contribution in [2.75, 3.05) is 7.11 Å². The summed E-state index contributed by atoms with van der Waals surface area (Å²) in [5.74, 6) is 0.968. The van der Waals surface area contributed by atoms with Crippen LogP contribution in [0.25, 0.3) is 11.3 Å². The molecule has 17 heavy (non-hydrogen) atoms. The first-order valence-corrected chi connectivity index (χ1v) is 6.07. The monoisotopic (exact) mass is 228 g/mol.